The molecule has 4 N–H and O–H groups in total. The Kier molecular flexibility index (Phi) is 5.03. The first-order valence-electron chi connectivity index (χ1n) is 9.49. The number of carbonyl (C=O) groups is 1. The maximum Gasteiger partial charge on any atom is 0.328 e. The molecule has 5 nitrogen and oxygen atoms in total. The lowest BCUT2D eigenvalue weighted by atomic mass is 10.1. The van der Waals surface area contributed by atoms with E-state index in [1.807, 2.05) is 24.3 Å². The SMILES string of the molecule is O=C(O)/C=C/c1ccc(Cc2nc3ccc([NH2+]C4CCCC4)cc3[nH]2)cc1. The fourth-order valence-corrected chi connectivity index (χ4v) is 3.77. The van der Waals surface area contributed by atoms with Crippen molar-refractivity contribution in [2.75, 3.05) is 0 Å². The van der Waals surface area contributed by atoms with E-state index in [0.29, 0.717) is 0 Å². The molecule has 2 aromatic carbocycles. The molecular formula is C22H24N3O2+. The first-order chi connectivity index (χ1) is 13.2. The number of hydrogen-bond donors (Lipinski definition) is 3. The van der Waals surface area contributed by atoms with E-state index >= 15 is 0 Å². The van der Waals surface area contributed by atoms with E-state index in [4.69, 9.17) is 10.1 Å². The molecule has 1 aromatic heterocycles. The van der Waals surface area contributed by atoms with Gasteiger partial charge in [-0.15, -0.1) is 0 Å². The third kappa shape index (κ3) is 4.44. The second-order valence-electron chi connectivity index (χ2n) is 7.26. The van der Waals surface area contributed by atoms with Gasteiger partial charge < -0.3 is 15.4 Å². The number of quaternary nitrogens is 1. The largest absolute Gasteiger partial charge is 0.478 e. The molecule has 0 unspecified atom stereocenters. The molecule has 1 aliphatic carbocycles. The summed E-state index contributed by atoms with van der Waals surface area (Å²) < 4.78 is 0. The number of imidazole rings is 1. The molecule has 1 fully saturated rings. The Labute approximate surface area is 158 Å². The lowest BCUT2D eigenvalue weighted by molar-refractivity contribution is -0.609. The number of rotatable bonds is 6. The van der Waals surface area contributed by atoms with Gasteiger partial charge in [-0.25, -0.2) is 9.78 Å². The molecule has 3 aromatic rings. The van der Waals surface area contributed by atoms with Gasteiger partial charge in [-0.2, -0.15) is 0 Å². The molecule has 0 saturated heterocycles. The number of aromatic amines is 1. The molecule has 0 radical (unpaired) electrons. The van der Waals surface area contributed by atoms with Crippen LogP contribution in [0.2, 0.25) is 0 Å². The molecule has 27 heavy (non-hydrogen) atoms. The third-order valence-electron chi connectivity index (χ3n) is 5.15. The summed E-state index contributed by atoms with van der Waals surface area (Å²) in [4.78, 5) is 18.7. The molecule has 1 saturated carbocycles. The number of carboxylic acids is 1. The number of carboxylic acid groups (broad SMARTS) is 1. The molecule has 1 aliphatic rings. The summed E-state index contributed by atoms with van der Waals surface area (Å²) in [6.45, 7) is 0. The third-order valence-corrected chi connectivity index (χ3v) is 5.15. The molecule has 0 atom stereocenters. The number of aromatic nitrogens is 2. The smallest absolute Gasteiger partial charge is 0.328 e. The average Bonchev–Trinajstić information content (AvgIpc) is 3.30. The number of hydrogen-bond acceptors (Lipinski definition) is 2. The Bertz CT molecular complexity index is 967. The number of nitrogens with two attached hydrogens (primary N) is 1. The minimum atomic E-state index is -0.939. The maximum atomic E-state index is 10.6. The van der Waals surface area contributed by atoms with Gasteiger partial charge in [0.1, 0.15) is 11.5 Å². The van der Waals surface area contributed by atoms with Crippen molar-refractivity contribution < 1.29 is 15.2 Å². The van der Waals surface area contributed by atoms with Crippen LogP contribution in [0.5, 0.6) is 0 Å². The molecule has 4 rings (SSSR count). The van der Waals surface area contributed by atoms with Crippen molar-refractivity contribution >= 4 is 28.8 Å². The molecule has 138 valence electrons. The minimum Gasteiger partial charge on any atom is -0.478 e. The van der Waals surface area contributed by atoms with E-state index in [1.165, 1.54) is 31.4 Å². The highest BCUT2D eigenvalue weighted by molar-refractivity contribution is 5.85. The van der Waals surface area contributed by atoms with Crippen molar-refractivity contribution in [1.82, 2.24) is 9.97 Å². The zero-order valence-corrected chi connectivity index (χ0v) is 15.2. The van der Waals surface area contributed by atoms with E-state index in [2.05, 4.69) is 28.5 Å². The normalized spacial score (nSPS) is 15.1. The molecular weight excluding hydrogens is 338 g/mol. The Balaban J connectivity index is 1.46. The van der Waals surface area contributed by atoms with Crippen LogP contribution in [-0.4, -0.2) is 27.1 Å². The van der Waals surface area contributed by atoms with Crippen molar-refractivity contribution in [2.45, 2.75) is 38.1 Å². The summed E-state index contributed by atoms with van der Waals surface area (Å²) in [6.07, 6.45) is 8.78. The average molecular weight is 362 g/mol. The van der Waals surface area contributed by atoms with Gasteiger partial charge >= 0.3 is 5.97 Å². The van der Waals surface area contributed by atoms with Crippen LogP contribution in [0.3, 0.4) is 0 Å². The van der Waals surface area contributed by atoms with Gasteiger partial charge in [-0.05, 0) is 49.0 Å². The van der Waals surface area contributed by atoms with Crippen LogP contribution in [-0.2, 0) is 11.2 Å². The number of fused-ring (bicyclic) bond motifs is 1. The molecule has 0 bridgehead atoms. The van der Waals surface area contributed by atoms with Crippen LogP contribution in [0.4, 0.5) is 5.69 Å². The van der Waals surface area contributed by atoms with Crippen molar-refractivity contribution in [2.24, 2.45) is 0 Å². The fourth-order valence-electron chi connectivity index (χ4n) is 3.77. The predicted octanol–water partition coefficient (Wildman–Crippen LogP) is 3.39. The quantitative estimate of drug-likeness (QED) is 0.464. The predicted molar refractivity (Wildman–Crippen MR) is 106 cm³/mol. The van der Waals surface area contributed by atoms with E-state index in [1.54, 1.807) is 6.08 Å². The fraction of sp³-hybridized carbons (Fsp3) is 0.273. The van der Waals surface area contributed by atoms with Gasteiger partial charge in [0.2, 0.25) is 0 Å². The second-order valence-corrected chi connectivity index (χ2v) is 7.26. The highest BCUT2D eigenvalue weighted by atomic mass is 16.4. The number of benzene rings is 2. The standard InChI is InChI=1S/C22H23N3O2/c26-22(27)12-9-15-5-7-16(8-6-15)13-21-24-19-11-10-18(14-20(19)25-21)23-17-3-1-2-4-17/h5-12,14,17,23H,1-4,13H2,(H,24,25)(H,26,27)/p+1/b12-9+. The summed E-state index contributed by atoms with van der Waals surface area (Å²) in [5.41, 5.74) is 5.36. The van der Waals surface area contributed by atoms with Gasteiger partial charge in [-0.1, -0.05) is 24.3 Å². The van der Waals surface area contributed by atoms with Gasteiger partial charge in [0.15, 0.2) is 0 Å². The van der Waals surface area contributed by atoms with Crippen LogP contribution in [0.15, 0.2) is 48.5 Å². The Morgan fingerprint density at radius 3 is 2.70 bits per heavy atom. The first kappa shape index (κ1) is 17.5. The van der Waals surface area contributed by atoms with Gasteiger partial charge in [-0.3, -0.25) is 0 Å². The highest BCUT2D eigenvalue weighted by Gasteiger charge is 2.18. The van der Waals surface area contributed by atoms with Crippen LogP contribution >= 0.6 is 0 Å². The van der Waals surface area contributed by atoms with Crippen molar-refractivity contribution in [3.63, 3.8) is 0 Å². The number of H-pyrrole nitrogens is 1. The number of nitrogens with zero attached hydrogens (tertiary/aromatic N) is 1. The monoisotopic (exact) mass is 362 g/mol. The lowest BCUT2D eigenvalue weighted by Gasteiger charge is -2.07. The zero-order valence-electron chi connectivity index (χ0n) is 15.2. The summed E-state index contributed by atoms with van der Waals surface area (Å²) >= 11 is 0. The summed E-state index contributed by atoms with van der Waals surface area (Å²) in [5, 5.41) is 11.1. The van der Waals surface area contributed by atoms with Crippen molar-refractivity contribution in [3.05, 3.63) is 65.5 Å². The zero-order chi connectivity index (χ0) is 18.6. The van der Waals surface area contributed by atoms with Crippen LogP contribution in [0.1, 0.15) is 42.6 Å². The van der Waals surface area contributed by atoms with Crippen LogP contribution in [0, 0.1) is 0 Å². The van der Waals surface area contributed by atoms with E-state index < -0.39 is 5.97 Å². The Morgan fingerprint density at radius 2 is 1.96 bits per heavy atom. The highest BCUT2D eigenvalue weighted by Crippen LogP contribution is 2.19. The van der Waals surface area contributed by atoms with Gasteiger partial charge in [0.25, 0.3) is 0 Å². The summed E-state index contributed by atoms with van der Waals surface area (Å²) in [7, 11) is 0. The molecule has 1 heterocycles. The van der Waals surface area contributed by atoms with Crippen LogP contribution in [0.25, 0.3) is 17.1 Å². The second kappa shape index (κ2) is 7.76. The number of aliphatic carboxylic acids is 1. The lowest BCUT2D eigenvalue weighted by Crippen LogP contribution is -2.83. The molecule has 0 amide bonds. The van der Waals surface area contributed by atoms with E-state index in [0.717, 1.165) is 46.5 Å². The van der Waals surface area contributed by atoms with E-state index in [9.17, 15) is 4.79 Å². The molecule has 5 heteroatoms. The summed E-state index contributed by atoms with van der Waals surface area (Å²) in [5.74, 6) is 0.00254. The van der Waals surface area contributed by atoms with E-state index in [-0.39, 0.29) is 0 Å². The summed E-state index contributed by atoms with van der Waals surface area (Å²) in [6, 6.07) is 15.0. The molecule has 0 spiro atoms. The van der Waals surface area contributed by atoms with Crippen molar-refractivity contribution in [1.29, 1.82) is 0 Å². The topological polar surface area (TPSA) is 82.6 Å². The van der Waals surface area contributed by atoms with Gasteiger partial charge in [0.05, 0.1) is 17.1 Å². The van der Waals surface area contributed by atoms with Gasteiger partial charge in [0, 0.05) is 24.6 Å². The number of nitrogens with one attached hydrogen (secondary N) is 1. The van der Waals surface area contributed by atoms with Crippen LogP contribution < -0.4 is 5.32 Å². The first-order valence-corrected chi connectivity index (χ1v) is 9.49. The molecule has 0 aliphatic heterocycles. The Morgan fingerprint density at radius 1 is 1.19 bits per heavy atom. The maximum absolute atomic E-state index is 10.6. The van der Waals surface area contributed by atoms with Crippen molar-refractivity contribution in [3.8, 4) is 0 Å². The minimum absolute atomic E-state index is 0.721. The Hall–Kier alpha value is -2.92.